The van der Waals surface area contributed by atoms with Gasteiger partial charge in [-0.05, 0) is 99.3 Å². The van der Waals surface area contributed by atoms with Gasteiger partial charge in [0.15, 0.2) is 0 Å². The molecule has 0 amide bonds. The maximum atomic E-state index is 6.51. The molecule has 2 heterocycles. The van der Waals surface area contributed by atoms with Crippen LogP contribution in [0.4, 0.5) is 17.1 Å². The highest BCUT2D eigenvalue weighted by atomic mass is 32.1. The molecule has 2 nitrogen and oxygen atoms in total. The van der Waals surface area contributed by atoms with Crippen molar-refractivity contribution in [2.24, 2.45) is 0 Å². The van der Waals surface area contributed by atoms with Gasteiger partial charge in [-0.1, -0.05) is 140 Å². The van der Waals surface area contributed by atoms with E-state index in [0.29, 0.717) is 0 Å². The summed E-state index contributed by atoms with van der Waals surface area (Å²) in [5.41, 5.74) is 12.0. The molecule has 55 heavy (non-hydrogen) atoms. The molecule has 0 saturated heterocycles. The number of rotatable bonds is 6. The average Bonchev–Trinajstić information content (AvgIpc) is 3.82. The number of anilines is 3. The lowest BCUT2D eigenvalue weighted by Crippen LogP contribution is -2.10. The SMILES string of the molecule is c1cc(-c2ccc3sc4ccccc4c3c2)cc(N(c2cccc(-c3cccc4ccccc34)c2)c2cccc(-c3cccc4c3oc3ccccc34)c2)c1. The fourth-order valence-corrected chi connectivity index (χ4v) is 9.34. The first-order valence-corrected chi connectivity index (χ1v) is 19.5. The summed E-state index contributed by atoms with van der Waals surface area (Å²) < 4.78 is 9.14. The zero-order valence-corrected chi connectivity index (χ0v) is 30.6. The minimum atomic E-state index is 0.901. The third-order valence-electron chi connectivity index (χ3n) is 10.8. The Labute approximate surface area is 322 Å². The number of hydrogen-bond acceptors (Lipinski definition) is 3. The van der Waals surface area contributed by atoms with Crippen molar-refractivity contribution in [1.29, 1.82) is 0 Å². The molecule has 0 atom stereocenters. The Morgan fingerprint density at radius 2 is 0.891 bits per heavy atom. The van der Waals surface area contributed by atoms with Crippen LogP contribution in [-0.4, -0.2) is 0 Å². The minimum absolute atomic E-state index is 0.901. The molecule has 0 N–H and O–H groups in total. The molecular weight excluding hydrogens is 687 g/mol. The predicted octanol–water partition coefficient (Wildman–Crippen LogP) is 15.6. The van der Waals surface area contributed by atoms with Crippen LogP contribution in [-0.2, 0) is 0 Å². The number of hydrogen-bond donors (Lipinski definition) is 0. The molecule has 3 heteroatoms. The summed E-state index contributed by atoms with van der Waals surface area (Å²) in [5.74, 6) is 0. The van der Waals surface area contributed by atoms with Gasteiger partial charge in [0.25, 0.3) is 0 Å². The third-order valence-corrected chi connectivity index (χ3v) is 12.0. The smallest absolute Gasteiger partial charge is 0.143 e. The maximum absolute atomic E-state index is 6.51. The van der Waals surface area contributed by atoms with E-state index < -0.39 is 0 Å². The van der Waals surface area contributed by atoms with Crippen LogP contribution in [0.15, 0.2) is 205 Å². The summed E-state index contributed by atoms with van der Waals surface area (Å²) in [7, 11) is 0. The molecule has 0 aliphatic heterocycles. The van der Waals surface area contributed by atoms with Gasteiger partial charge in [-0.25, -0.2) is 0 Å². The molecule has 0 saturated carbocycles. The van der Waals surface area contributed by atoms with E-state index in [9.17, 15) is 0 Å². The zero-order valence-electron chi connectivity index (χ0n) is 29.8. The van der Waals surface area contributed by atoms with E-state index in [1.165, 1.54) is 53.2 Å². The van der Waals surface area contributed by atoms with Crippen molar-refractivity contribution >= 4 is 81.3 Å². The van der Waals surface area contributed by atoms with Crippen molar-refractivity contribution in [3.8, 4) is 33.4 Å². The van der Waals surface area contributed by atoms with Crippen molar-refractivity contribution in [3.63, 3.8) is 0 Å². The minimum Gasteiger partial charge on any atom is -0.455 e. The van der Waals surface area contributed by atoms with Crippen LogP contribution in [0.1, 0.15) is 0 Å². The van der Waals surface area contributed by atoms with Crippen LogP contribution in [0.5, 0.6) is 0 Å². The van der Waals surface area contributed by atoms with E-state index in [4.69, 9.17) is 4.42 Å². The Morgan fingerprint density at radius 3 is 1.71 bits per heavy atom. The van der Waals surface area contributed by atoms with Crippen LogP contribution in [0.2, 0.25) is 0 Å². The number of nitrogens with zero attached hydrogens (tertiary/aromatic N) is 1. The molecule has 0 aliphatic carbocycles. The molecule has 0 radical (unpaired) electrons. The Hall–Kier alpha value is -6.94. The summed E-state index contributed by atoms with van der Waals surface area (Å²) in [6.45, 7) is 0. The highest BCUT2D eigenvalue weighted by molar-refractivity contribution is 7.25. The van der Waals surface area contributed by atoms with Gasteiger partial charge in [-0.15, -0.1) is 11.3 Å². The Kier molecular flexibility index (Phi) is 7.39. The number of thiophene rings is 1. The summed E-state index contributed by atoms with van der Waals surface area (Å²) in [6, 6.07) is 72.3. The number of fused-ring (bicyclic) bond motifs is 7. The molecule has 258 valence electrons. The summed E-state index contributed by atoms with van der Waals surface area (Å²) in [6.07, 6.45) is 0. The van der Waals surface area contributed by atoms with E-state index in [-0.39, 0.29) is 0 Å². The average molecular weight is 720 g/mol. The van der Waals surface area contributed by atoms with Gasteiger partial charge in [0.05, 0.1) is 0 Å². The van der Waals surface area contributed by atoms with E-state index in [1.54, 1.807) is 0 Å². The lowest BCUT2D eigenvalue weighted by Gasteiger charge is -2.27. The quantitative estimate of drug-likeness (QED) is 0.170. The van der Waals surface area contributed by atoms with Gasteiger partial charge in [0.1, 0.15) is 11.2 Å². The van der Waals surface area contributed by atoms with Gasteiger partial charge in [0.2, 0.25) is 0 Å². The molecule has 9 aromatic carbocycles. The molecule has 0 unspecified atom stereocenters. The normalized spacial score (nSPS) is 11.6. The number of benzene rings is 9. The largest absolute Gasteiger partial charge is 0.455 e. The fraction of sp³-hybridized carbons (Fsp3) is 0. The predicted molar refractivity (Wildman–Crippen MR) is 235 cm³/mol. The van der Waals surface area contributed by atoms with Gasteiger partial charge in [0, 0.05) is 53.6 Å². The van der Waals surface area contributed by atoms with Crippen LogP contribution in [0.3, 0.4) is 0 Å². The first kappa shape index (κ1) is 31.6. The van der Waals surface area contributed by atoms with E-state index in [1.807, 2.05) is 23.5 Å². The first-order chi connectivity index (χ1) is 27.2. The second-order valence-corrected chi connectivity index (χ2v) is 15.2. The van der Waals surface area contributed by atoms with Crippen LogP contribution in [0, 0.1) is 0 Å². The number of furan rings is 1. The highest BCUT2D eigenvalue weighted by Crippen LogP contribution is 2.43. The molecule has 11 aromatic rings. The lowest BCUT2D eigenvalue weighted by atomic mass is 9.97. The van der Waals surface area contributed by atoms with Crippen molar-refractivity contribution in [2.45, 2.75) is 0 Å². The van der Waals surface area contributed by atoms with E-state index in [0.717, 1.165) is 50.1 Å². The van der Waals surface area contributed by atoms with E-state index >= 15 is 0 Å². The van der Waals surface area contributed by atoms with Crippen LogP contribution < -0.4 is 4.90 Å². The van der Waals surface area contributed by atoms with Gasteiger partial charge in [-0.2, -0.15) is 0 Å². The zero-order chi connectivity index (χ0) is 36.3. The van der Waals surface area contributed by atoms with Gasteiger partial charge in [-0.3, -0.25) is 0 Å². The Bertz CT molecular complexity index is 3240. The van der Waals surface area contributed by atoms with E-state index in [2.05, 4.69) is 193 Å². The van der Waals surface area contributed by atoms with Crippen molar-refractivity contribution in [3.05, 3.63) is 200 Å². The summed E-state index contributed by atoms with van der Waals surface area (Å²) in [4.78, 5) is 2.39. The molecule has 0 spiro atoms. The maximum Gasteiger partial charge on any atom is 0.143 e. The van der Waals surface area contributed by atoms with Crippen LogP contribution >= 0.6 is 11.3 Å². The molecular formula is C52H33NOS. The molecule has 0 bridgehead atoms. The topological polar surface area (TPSA) is 16.4 Å². The highest BCUT2D eigenvalue weighted by Gasteiger charge is 2.18. The number of para-hydroxylation sites is 2. The van der Waals surface area contributed by atoms with Gasteiger partial charge >= 0.3 is 0 Å². The molecule has 11 rings (SSSR count). The fourth-order valence-electron chi connectivity index (χ4n) is 8.25. The summed E-state index contributed by atoms with van der Waals surface area (Å²) >= 11 is 1.85. The van der Waals surface area contributed by atoms with Crippen LogP contribution in [0.25, 0.3) is 86.3 Å². The molecule has 2 aromatic heterocycles. The molecule has 0 fully saturated rings. The van der Waals surface area contributed by atoms with Gasteiger partial charge < -0.3 is 9.32 Å². The third kappa shape index (κ3) is 5.40. The van der Waals surface area contributed by atoms with Crippen molar-refractivity contribution in [2.75, 3.05) is 4.90 Å². The van der Waals surface area contributed by atoms with Crippen molar-refractivity contribution < 1.29 is 4.42 Å². The summed E-state index contributed by atoms with van der Waals surface area (Å²) in [5, 5.41) is 7.35. The van der Waals surface area contributed by atoms with Crippen molar-refractivity contribution in [1.82, 2.24) is 0 Å². The lowest BCUT2D eigenvalue weighted by molar-refractivity contribution is 0.670. The Balaban J connectivity index is 1.09. The Morgan fingerprint density at radius 1 is 0.345 bits per heavy atom. The molecule has 0 aliphatic rings. The second kappa shape index (κ2) is 12.9. The standard InChI is InChI=1S/C52H33NOS/c1-2-20-42-34(12-1)13-10-23-43(42)37-15-8-18-40(31-37)53(39-17-7-14-35(30-39)36-28-29-51-48(33-36)46-22-4-6-27-50(46)55-51)41-19-9-16-38(32-41)44-24-11-25-47-45-21-3-5-26-49(45)54-52(44)47/h1-33H. The monoisotopic (exact) mass is 719 g/mol. The second-order valence-electron chi connectivity index (χ2n) is 14.1. The first-order valence-electron chi connectivity index (χ1n) is 18.7.